The molecule has 0 N–H and O–H groups in total. The monoisotopic (exact) mass is 729 g/mol. The summed E-state index contributed by atoms with van der Waals surface area (Å²) in [6.07, 6.45) is 8.76. The maximum Gasteiger partial charge on any atom is 0.519 e. The van der Waals surface area contributed by atoms with Gasteiger partial charge in [-0.3, -0.25) is 4.79 Å². The zero-order valence-electron chi connectivity index (χ0n) is 31.0. The second-order valence-corrected chi connectivity index (χ2v) is 13.6. The molecule has 0 bridgehead atoms. The third kappa shape index (κ3) is 8.96. The maximum absolute atomic E-state index is 13.2. The fourth-order valence-corrected chi connectivity index (χ4v) is 7.34. The largest absolute Gasteiger partial charge is 0.519 e. The molecule has 1 saturated carbocycles. The smallest absolute Gasteiger partial charge is 0.497 e. The van der Waals surface area contributed by atoms with E-state index in [9.17, 15) is 9.59 Å². The van der Waals surface area contributed by atoms with E-state index in [1.54, 1.807) is 13.2 Å². The Balaban J connectivity index is 1.08. The summed E-state index contributed by atoms with van der Waals surface area (Å²) in [6, 6.07) is 49.1. The van der Waals surface area contributed by atoms with Gasteiger partial charge < -0.3 is 23.8 Å². The SMILES string of the molecule is COc1cccc(N(c2ccc(C=Cc3ccccc3)cc2)c2cccc(OC(=O)Oc3ccc(C4(c5ccc(OC(C)=O)cc5)CCCCC4)cc3)c2)c1. The number of hydrogen-bond acceptors (Lipinski definition) is 7. The summed E-state index contributed by atoms with van der Waals surface area (Å²) in [5, 5.41) is 0. The highest BCUT2D eigenvalue weighted by Gasteiger charge is 2.35. The minimum atomic E-state index is -0.833. The number of carbonyl (C=O) groups excluding carboxylic acids is 2. The van der Waals surface area contributed by atoms with Crippen LogP contribution in [0.25, 0.3) is 12.2 Å². The molecule has 0 saturated heterocycles. The third-order valence-corrected chi connectivity index (χ3v) is 9.99. The summed E-state index contributed by atoms with van der Waals surface area (Å²) >= 11 is 0. The van der Waals surface area contributed by atoms with Gasteiger partial charge in [-0.1, -0.05) is 110 Å². The lowest BCUT2D eigenvalue weighted by Gasteiger charge is -2.38. The lowest BCUT2D eigenvalue weighted by molar-refractivity contribution is -0.131. The number of carbonyl (C=O) groups is 2. The maximum atomic E-state index is 13.2. The van der Waals surface area contributed by atoms with E-state index in [0.29, 0.717) is 17.2 Å². The van der Waals surface area contributed by atoms with Crippen LogP contribution in [0.4, 0.5) is 21.9 Å². The van der Waals surface area contributed by atoms with E-state index in [1.165, 1.54) is 18.9 Å². The molecule has 6 aromatic carbocycles. The molecule has 276 valence electrons. The summed E-state index contributed by atoms with van der Waals surface area (Å²) in [5.41, 5.74) is 6.92. The van der Waals surface area contributed by atoms with E-state index < -0.39 is 6.16 Å². The summed E-state index contributed by atoms with van der Waals surface area (Å²) in [7, 11) is 1.64. The highest BCUT2D eigenvalue weighted by molar-refractivity contribution is 5.80. The van der Waals surface area contributed by atoms with E-state index in [1.807, 2.05) is 97.1 Å². The number of nitrogens with zero attached hydrogens (tertiary/aromatic N) is 1. The molecule has 0 radical (unpaired) electrons. The van der Waals surface area contributed by atoms with Gasteiger partial charge in [0.2, 0.25) is 0 Å². The number of methoxy groups -OCH3 is 1. The first-order chi connectivity index (χ1) is 26.9. The van der Waals surface area contributed by atoms with Crippen molar-refractivity contribution in [1.82, 2.24) is 0 Å². The lowest BCUT2D eigenvalue weighted by Crippen LogP contribution is -2.30. The Hall–Kier alpha value is -6.60. The van der Waals surface area contributed by atoms with E-state index >= 15 is 0 Å². The molecule has 0 heterocycles. The number of ether oxygens (including phenoxy) is 4. The number of rotatable bonds is 11. The van der Waals surface area contributed by atoms with Crippen LogP contribution in [-0.4, -0.2) is 19.2 Å². The first kappa shape index (κ1) is 36.7. The van der Waals surface area contributed by atoms with E-state index in [2.05, 4.69) is 65.6 Å². The van der Waals surface area contributed by atoms with Crippen molar-refractivity contribution >= 4 is 41.3 Å². The van der Waals surface area contributed by atoms with Gasteiger partial charge in [-0.15, -0.1) is 0 Å². The lowest BCUT2D eigenvalue weighted by atomic mass is 9.65. The van der Waals surface area contributed by atoms with Crippen LogP contribution in [-0.2, 0) is 10.2 Å². The summed E-state index contributed by atoms with van der Waals surface area (Å²) in [6.45, 7) is 1.40. The summed E-state index contributed by atoms with van der Waals surface area (Å²) < 4.78 is 22.2. The second kappa shape index (κ2) is 17.0. The predicted octanol–water partition coefficient (Wildman–Crippen LogP) is 12.1. The van der Waals surface area contributed by atoms with Gasteiger partial charge in [0.05, 0.1) is 7.11 Å². The van der Waals surface area contributed by atoms with Crippen LogP contribution < -0.4 is 23.8 Å². The number of esters is 1. The molecule has 0 atom stereocenters. The van der Waals surface area contributed by atoms with Crippen molar-refractivity contribution in [2.75, 3.05) is 12.0 Å². The zero-order valence-corrected chi connectivity index (χ0v) is 31.0. The molecule has 0 aliphatic heterocycles. The van der Waals surface area contributed by atoms with Crippen LogP contribution >= 0.6 is 0 Å². The van der Waals surface area contributed by atoms with Crippen LogP contribution in [0.3, 0.4) is 0 Å². The normalized spacial score (nSPS) is 13.5. The summed E-state index contributed by atoms with van der Waals surface area (Å²) in [4.78, 5) is 26.7. The molecule has 1 fully saturated rings. The number of anilines is 3. The molecule has 55 heavy (non-hydrogen) atoms. The Bertz CT molecular complexity index is 2240. The van der Waals surface area contributed by atoms with Crippen LogP contribution in [0.1, 0.15) is 61.3 Å². The topological polar surface area (TPSA) is 74.3 Å². The fraction of sp³-hybridized carbons (Fsp3) is 0.167. The quantitative estimate of drug-likeness (QED) is 0.0569. The van der Waals surface area contributed by atoms with Gasteiger partial charge in [0.15, 0.2) is 0 Å². The Morgan fingerprint density at radius 1 is 0.527 bits per heavy atom. The molecule has 1 aliphatic rings. The highest BCUT2D eigenvalue weighted by atomic mass is 16.7. The minimum absolute atomic E-state index is 0.180. The zero-order chi connectivity index (χ0) is 38.0. The molecular weight excluding hydrogens is 687 g/mol. The molecule has 1 aliphatic carbocycles. The third-order valence-electron chi connectivity index (χ3n) is 9.99. The summed E-state index contributed by atoms with van der Waals surface area (Å²) in [5.74, 6) is 1.64. The van der Waals surface area contributed by atoms with Crippen molar-refractivity contribution in [3.63, 3.8) is 0 Å². The van der Waals surface area contributed by atoms with Gasteiger partial charge in [-0.05, 0) is 95.8 Å². The van der Waals surface area contributed by atoms with Crippen molar-refractivity contribution in [3.05, 3.63) is 174 Å². The van der Waals surface area contributed by atoms with Crippen LogP contribution in [0, 0.1) is 0 Å². The van der Waals surface area contributed by atoms with Crippen LogP contribution in [0.5, 0.6) is 23.0 Å². The van der Waals surface area contributed by atoms with Crippen molar-refractivity contribution < 1.29 is 28.5 Å². The molecule has 7 rings (SSSR count). The average Bonchev–Trinajstić information content (AvgIpc) is 3.22. The Morgan fingerprint density at radius 3 is 1.64 bits per heavy atom. The highest BCUT2D eigenvalue weighted by Crippen LogP contribution is 2.46. The molecule has 0 aromatic heterocycles. The van der Waals surface area contributed by atoms with E-state index in [-0.39, 0.29) is 11.4 Å². The Morgan fingerprint density at radius 2 is 1.05 bits per heavy atom. The van der Waals surface area contributed by atoms with E-state index in [4.69, 9.17) is 18.9 Å². The predicted molar refractivity (Wildman–Crippen MR) is 218 cm³/mol. The van der Waals surface area contributed by atoms with Gasteiger partial charge in [0.1, 0.15) is 23.0 Å². The van der Waals surface area contributed by atoms with Gasteiger partial charge >= 0.3 is 12.1 Å². The van der Waals surface area contributed by atoms with Crippen LogP contribution in [0.2, 0.25) is 0 Å². The second-order valence-electron chi connectivity index (χ2n) is 13.6. The molecular formula is C48H43NO6. The van der Waals surface area contributed by atoms with Gasteiger partial charge in [-0.2, -0.15) is 0 Å². The molecule has 0 spiro atoms. The number of hydrogen-bond donors (Lipinski definition) is 0. The molecule has 0 amide bonds. The van der Waals surface area contributed by atoms with E-state index in [0.717, 1.165) is 65.2 Å². The first-order valence-corrected chi connectivity index (χ1v) is 18.6. The molecule has 7 heteroatoms. The standard InChI is InChI=1S/C48H43NO6/c1-35(50)53-43-27-21-38(22-28-43)48(31-7-4-8-32-48)39-23-29-44(30-24-39)54-47(51)55-46-16-10-14-42(34-46)49(41-13-9-15-45(33-41)52-2)40-25-19-37(20-26-40)18-17-36-11-5-3-6-12-36/h3,5-6,9-30,33-34H,4,7-8,31-32H2,1-2H3. The van der Waals surface area contributed by atoms with Gasteiger partial charge in [0, 0.05) is 41.5 Å². The first-order valence-electron chi connectivity index (χ1n) is 18.6. The van der Waals surface area contributed by atoms with Crippen molar-refractivity contribution in [2.24, 2.45) is 0 Å². The number of benzene rings is 6. The Kier molecular flexibility index (Phi) is 11.4. The van der Waals surface area contributed by atoms with Gasteiger partial charge in [0.25, 0.3) is 0 Å². The van der Waals surface area contributed by atoms with Crippen LogP contribution in [0.15, 0.2) is 152 Å². The fourth-order valence-electron chi connectivity index (χ4n) is 7.34. The minimum Gasteiger partial charge on any atom is -0.497 e. The molecule has 0 unspecified atom stereocenters. The molecule has 6 aromatic rings. The van der Waals surface area contributed by atoms with Gasteiger partial charge in [-0.25, -0.2) is 4.79 Å². The van der Waals surface area contributed by atoms with Crippen molar-refractivity contribution in [3.8, 4) is 23.0 Å². The van der Waals surface area contributed by atoms with Crippen molar-refractivity contribution in [2.45, 2.75) is 44.4 Å². The van der Waals surface area contributed by atoms with Crippen molar-refractivity contribution in [1.29, 1.82) is 0 Å². The molecule has 7 nitrogen and oxygen atoms in total. The average molecular weight is 730 g/mol. The Labute approximate surface area is 322 Å².